The molecule has 4 N–H and O–H groups in total. The second kappa shape index (κ2) is 7.09. The van der Waals surface area contributed by atoms with Gasteiger partial charge in [-0.15, -0.1) is 0 Å². The van der Waals surface area contributed by atoms with E-state index in [-0.39, 0.29) is 0 Å². The first-order valence-corrected chi connectivity index (χ1v) is 7.51. The van der Waals surface area contributed by atoms with Gasteiger partial charge in [0.2, 0.25) is 0 Å². The van der Waals surface area contributed by atoms with Crippen molar-refractivity contribution in [3.05, 3.63) is 0 Å². The topological polar surface area (TPSA) is 111 Å². The molecule has 2 aliphatic rings. The minimum Gasteiger partial charge on any atom is -0.467 e. The van der Waals surface area contributed by atoms with Gasteiger partial charge in [0, 0.05) is 6.04 Å². The van der Waals surface area contributed by atoms with Crippen LogP contribution < -0.4 is 11.1 Å². The van der Waals surface area contributed by atoms with E-state index < -0.39 is 36.4 Å². The summed E-state index contributed by atoms with van der Waals surface area (Å²) in [5.74, 6) is -0.153. The van der Waals surface area contributed by atoms with E-state index in [9.17, 15) is 14.7 Å². The molecular formula is C14H24N2O5. The fourth-order valence-corrected chi connectivity index (χ4v) is 3.21. The molecule has 1 heterocycles. The Labute approximate surface area is 124 Å². The molecule has 2 fully saturated rings. The molecule has 120 valence electrons. The lowest BCUT2D eigenvalue weighted by Gasteiger charge is -2.29. The average Bonchev–Trinajstić information content (AvgIpc) is 2.88. The maximum absolute atomic E-state index is 11.6. The van der Waals surface area contributed by atoms with Gasteiger partial charge in [-0.2, -0.15) is 0 Å². The summed E-state index contributed by atoms with van der Waals surface area (Å²) in [5.41, 5.74) is 6.06. The molecule has 0 bridgehead atoms. The predicted molar refractivity (Wildman–Crippen MR) is 74.4 cm³/mol. The number of cyclic esters (lactones) is 1. The van der Waals surface area contributed by atoms with Crippen molar-refractivity contribution in [1.82, 2.24) is 5.32 Å². The fourth-order valence-electron chi connectivity index (χ4n) is 3.21. The second-order valence-electron chi connectivity index (χ2n) is 5.91. The van der Waals surface area contributed by atoms with Gasteiger partial charge in [-0.25, -0.2) is 9.59 Å². The van der Waals surface area contributed by atoms with Gasteiger partial charge in [-0.3, -0.25) is 0 Å². The second-order valence-corrected chi connectivity index (χ2v) is 5.91. The van der Waals surface area contributed by atoms with Gasteiger partial charge in [-0.05, 0) is 12.3 Å². The Kier molecular flexibility index (Phi) is 5.41. The van der Waals surface area contributed by atoms with Crippen molar-refractivity contribution in [3.63, 3.8) is 0 Å². The van der Waals surface area contributed by atoms with Crippen LogP contribution in [0.5, 0.6) is 0 Å². The SMILES string of the molecule is COC(=O)[C@H]1NC(=O)O[C@@H]1[C@H](O)[C@@H](N)CC1CCCCC1. The molecule has 1 aliphatic heterocycles. The number of alkyl carbamates (subject to hydrolysis) is 1. The first kappa shape index (κ1) is 16.0. The summed E-state index contributed by atoms with van der Waals surface area (Å²) in [4.78, 5) is 22.9. The standard InChI is InChI=1S/C14H24N2O5/c1-20-13(18)10-12(21-14(19)16-10)11(17)9(15)7-8-5-3-2-4-6-8/h8-12,17H,2-7,15H2,1H3,(H,16,19)/t9-,10-,11+,12-/m0/s1. The number of esters is 1. The Balaban J connectivity index is 1.94. The van der Waals surface area contributed by atoms with Crippen LogP contribution >= 0.6 is 0 Å². The number of hydrogen-bond acceptors (Lipinski definition) is 6. The number of aliphatic hydroxyl groups excluding tert-OH is 1. The van der Waals surface area contributed by atoms with Crippen LogP contribution in [0.1, 0.15) is 38.5 Å². The van der Waals surface area contributed by atoms with Gasteiger partial charge in [0.15, 0.2) is 12.1 Å². The minimum atomic E-state index is -1.09. The van der Waals surface area contributed by atoms with E-state index in [0.717, 1.165) is 12.8 Å². The molecule has 1 amide bonds. The molecule has 2 rings (SSSR count). The number of nitrogens with two attached hydrogens (primary N) is 1. The number of carbonyl (C=O) groups is 2. The van der Waals surface area contributed by atoms with Crippen molar-refractivity contribution in [2.24, 2.45) is 11.7 Å². The molecule has 21 heavy (non-hydrogen) atoms. The smallest absolute Gasteiger partial charge is 0.408 e. The molecule has 0 aromatic rings. The summed E-state index contributed by atoms with van der Waals surface area (Å²) in [6, 6.07) is -1.53. The zero-order valence-corrected chi connectivity index (χ0v) is 12.3. The van der Waals surface area contributed by atoms with Crippen LogP contribution in [0.2, 0.25) is 0 Å². The number of carbonyl (C=O) groups excluding carboxylic acids is 2. The van der Waals surface area contributed by atoms with Crippen LogP contribution in [0, 0.1) is 5.92 Å². The first-order valence-electron chi connectivity index (χ1n) is 7.51. The predicted octanol–water partition coefficient (Wildman–Crippen LogP) is 0.295. The highest BCUT2D eigenvalue weighted by molar-refractivity contribution is 5.85. The highest BCUT2D eigenvalue weighted by Gasteiger charge is 2.46. The molecule has 0 aromatic heterocycles. The zero-order valence-electron chi connectivity index (χ0n) is 12.3. The number of nitrogens with one attached hydrogen (secondary N) is 1. The van der Waals surface area contributed by atoms with Crippen LogP contribution in [0.4, 0.5) is 4.79 Å². The molecule has 4 atom stereocenters. The quantitative estimate of drug-likeness (QED) is 0.630. The van der Waals surface area contributed by atoms with E-state index >= 15 is 0 Å². The van der Waals surface area contributed by atoms with Crippen molar-refractivity contribution >= 4 is 12.1 Å². The van der Waals surface area contributed by atoms with Crippen LogP contribution in [0.25, 0.3) is 0 Å². The van der Waals surface area contributed by atoms with Gasteiger partial charge < -0.3 is 25.6 Å². The lowest BCUT2D eigenvalue weighted by molar-refractivity contribution is -0.145. The van der Waals surface area contributed by atoms with E-state index in [1.54, 1.807) is 0 Å². The van der Waals surface area contributed by atoms with Gasteiger partial charge in [-0.1, -0.05) is 32.1 Å². The number of aliphatic hydroxyl groups is 1. The molecule has 7 nitrogen and oxygen atoms in total. The number of methoxy groups -OCH3 is 1. The first-order chi connectivity index (χ1) is 10.0. The van der Waals surface area contributed by atoms with Gasteiger partial charge >= 0.3 is 12.1 Å². The van der Waals surface area contributed by atoms with Crippen LogP contribution in [0.3, 0.4) is 0 Å². The van der Waals surface area contributed by atoms with Crippen molar-refractivity contribution in [3.8, 4) is 0 Å². The lowest BCUT2D eigenvalue weighted by Crippen LogP contribution is -2.52. The third-order valence-electron chi connectivity index (χ3n) is 4.41. The number of amides is 1. The minimum absolute atomic E-state index is 0.491. The summed E-state index contributed by atoms with van der Waals surface area (Å²) in [6.45, 7) is 0. The Morgan fingerprint density at radius 2 is 2.14 bits per heavy atom. The largest absolute Gasteiger partial charge is 0.467 e. The molecule has 1 aliphatic carbocycles. The van der Waals surface area contributed by atoms with E-state index in [2.05, 4.69) is 10.1 Å². The Morgan fingerprint density at radius 3 is 2.76 bits per heavy atom. The highest BCUT2D eigenvalue weighted by Crippen LogP contribution is 2.28. The summed E-state index contributed by atoms with van der Waals surface area (Å²) in [5, 5.41) is 12.7. The van der Waals surface area contributed by atoms with Gasteiger partial charge in [0.1, 0.15) is 6.10 Å². The van der Waals surface area contributed by atoms with Gasteiger partial charge in [0.25, 0.3) is 0 Å². The van der Waals surface area contributed by atoms with Gasteiger partial charge in [0.05, 0.1) is 7.11 Å². The third kappa shape index (κ3) is 3.85. The van der Waals surface area contributed by atoms with Crippen molar-refractivity contribution in [1.29, 1.82) is 0 Å². The maximum atomic E-state index is 11.6. The monoisotopic (exact) mass is 300 g/mol. The Hall–Kier alpha value is -1.34. The van der Waals surface area contributed by atoms with Crippen molar-refractivity contribution in [2.45, 2.75) is 62.8 Å². The van der Waals surface area contributed by atoms with Crippen LogP contribution in [0.15, 0.2) is 0 Å². The molecule has 1 saturated heterocycles. The van der Waals surface area contributed by atoms with Crippen molar-refractivity contribution in [2.75, 3.05) is 7.11 Å². The average molecular weight is 300 g/mol. The summed E-state index contributed by atoms with van der Waals surface area (Å²) in [6.07, 6.45) is 3.72. The Bertz CT molecular complexity index is 384. The van der Waals surface area contributed by atoms with E-state index in [1.807, 2.05) is 0 Å². The summed E-state index contributed by atoms with van der Waals surface area (Å²) < 4.78 is 9.60. The van der Waals surface area contributed by atoms with E-state index in [1.165, 1.54) is 26.4 Å². The Morgan fingerprint density at radius 1 is 1.48 bits per heavy atom. The molecule has 0 aromatic carbocycles. The zero-order chi connectivity index (χ0) is 15.4. The molecule has 1 saturated carbocycles. The lowest BCUT2D eigenvalue weighted by atomic mass is 9.83. The number of rotatable bonds is 5. The fraction of sp³-hybridized carbons (Fsp3) is 0.857. The molecule has 0 unspecified atom stereocenters. The third-order valence-corrected chi connectivity index (χ3v) is 4.41. The molecular weight excluding hydrogens is 276 g/mol. The van der Waals surface area contributed by atoms with E-state index in [4.69, 9.17) is 10.5 Å². The molecule has 7 heteroatoms. The van der Waals surface area contributed by atoms with E-state index in [0.29, 0.717) is 12.3 Å². The maximum Gasteiger partial charge on any atom is 0.408 e. The number of ether oxygens (including phenoxy) is 2. The normalized spacial score (nSPS) is 29.4. The highest BCUT2D eigenvalue weighted by atomic mass is 16.6. The summed E-state index contributed by atoms with van der Waals surface area (Å²) in [7, 11) is 1.22. The number of hydrogen-bond donors (Lipinski definition) is 3. The molecule has 0 radical (unpaired) electrons. The van der Waals surface area contributed by atoms with Crippen LogP contribution in [-0.4, -0.2) is 48.6 Å². The van der Waals surface area contributed by atoms with Crippen LogP contribution in [-0.2, 0) is 14.3 Å². The summed E-state index contributed by atoms with van der Waals surface area (Å²) >= 11 is 0. The molecule has 0 spiro atoms. The van der Waals surface area contributed by atoms with Crippen molar-refractivity contribution < 1.29 is 24.2 Å².